The second kappa shape index (κ2) is 6.52. The van der Waals surface area contributed by atoms with Gasteiger partial charge in [-0.15, -0.1) is 10.2 Å². The normalized spacial score (nSPS) is 11.0. The molecule has 0 saturated heterocycles. The molecule has 4 aromatic rings. The second-order valence-corrected chi connectivity index (χ2v) is 6.24. The minimum atomic E-state index is 0.609. The van der Waals surface area contributed by atoms with Crippen molar-refractivity contribution in [2.45, 2.75) is 6.92 Å². The lowest BCUT2D eigenvalue weighted by Gasteiger charge is -2.06. The van der Waals surface area contributed by atoms with E-state index >= 15 is 0 Å². The van der Waals surface area contributed by atoms with E-state index in [1.807, 2.05) is 55.5 Å². The molecule has 0 bridgehead atoms. The van der Waals surface area contributed by atoms with Crippen LogP contribution in [0, 0.1) is 0 Å². The zero-order valence-corrected chi connectivity index (χ0v) is 14.7. The van der Waals surface area contributed by atoms with Crippen molar-refractivity contribution in [2.24, 2.45) is 0 Å². The van der Waals surface area contributed by atoms with Crippen LogP contribution < -0.4 is 9.47 Å². The number of benzene rings is 2. The molecular weight excluding hydrogens is 336 g/mol. The highest BCUT2D eigenvalue weighted by Gasteiger charge is 2.16. The van der Waals surface area contributed by atoms with E-state index in [0.717, 1.165) is 32.6 Å². The molecule has 0 radical (unpaired) electrons. The fourth-order valence-electron chi connectivity index (χ4n) is 2.57. The Kier molecular flexibility index (Phi) is 4.07. The lowest BCUT2D eigenvalue weighted by molar-refractivity contribution is 0.341. The van der Waals surface area contributed by atoms with E-state index in [2.05, 4.69) is 10.2 Å². The molecule has 0 amide bonds. The summed E-state index contributed by atoms with van der Waals surface area (Å²) < 4.78 is 12.7. The Morgan fingerprint density at radius 3 is 2.60 bits per heavy atom. The third-order valence-electron chi connectivity index (χ3n) is 3.76. The number of aromatic nitrogens is 4. The van der Waals surface area contributed by atoms with E-state index in [0.29, 0.717) is 12.4 Å². The van der Waals surface area contributed by atoms with Crippen LogP contribution in [0.2, 0.25) is 0 Å². The summed E-state index contributed by atoms with van der Waals surface area (Å²) in [5.41, 5.74) is 1.89. The van der Waals surface area contributed by atoms with Gasteiger partial charge in [-0.1, -0.05) is 23.5 Å². The quantitative estimate of drug-likeness (QED) is 0.545. The fourth-order valence-corrected chi connectivity index (χ4v) is 3.44. The molecule has 0 spiro atoms. The van der Waals surface area contributed by atoms with Gasteiger partial charge in [0.2, 0.25) is 4.96 Å². The van der Waals surface area contributed by atoms with Gasteiger partial charge in [0, 0.05) is 5.56 Å². The maximum absolute atomic E-state index is 5.71. The van der Waals surface area contributed by atoms with Gasteiger partial charge in [-0.05, 0) is 43.3 Å². The number of nitrogens with zero attached hydrogens (tertiary/aromatic N) is 4. The Morgan fingerprint density at radius 2 is 1.84 bits per heavy atom. The summed E-state index contributed by atoms with van der Waals surface area (Å²) >= 11 is 1.49. The first-order valence-corrected chi connectivity index (χ1v) is 8.70. The second-order valence-electron chi connectivity index (χ2n) is 5.28. The van der Waals surface area contributed by atoms with Gasteiger partial charge >= 0.3 is 0 Å². The van der Waals surface area contributed by atoms with Crippen molar-refractivity contribution in [3.05, 3.63) is 48.5 Å². The van der Waals surface area contributed by atoms with Crippen LogP contribution in [0.3, 0.4) is 0 Å². The van der Waals surface area contributed by atoms with Crippen LogP contribution in [-0.4, -0.2) is 33.5 Å². The molecule has 0 aliphatic rings. The van der Waals surface area contributed by atoms with Crippen molar-refractivity contribution in [3.8, 4) is 33.5 Å². The Balaban J connectivity index is 1.78. The van der Waals surface area contributed by atoms with Crippen LogP contribution in [0.5, 0.6) is 11.5 Å². The van der Waals surface area contributed by atoms with Gasteiger partial charge in [0.05, 0.1) is 19.3 Å². The monoisotopic (exact) mass is 352 g/mol. The molecule has 0 fully saturated rings. The van der Waals surface area contributed by atoms with Crippen LogP contribution in [0.4, 0.5) is 0 Å². The Hall–Kier alpha value is -2.93. The van der Waals surface area contributed by atoms with E-state index in [-0.39, 0.29) is 0 Å². The molecule has 6 nitrogen and oxygen atoms in total. The SMILES string of the molecule is CCOc1ccccc1-c1nn2c(-c3ccc(OC)cc3)nnc2s1. The van der Waals surface area contributed by atoms with Crippen LogP contribution in [0.15, 0.2) is 48.5 Å². The van der Waals surface area contributed by atoms with Gasteiger partial charge in [-0.25, -0.2) is 0 Å². The van der Waals surface area contributed by atoms with Gasteiger partial charge in [-0.3, -0.25) is 0 Å². The maximum Gasteiger partial charge on any atom is 0.235 e. The van der Waals surface area contributed by atoms with Crippen molar-refractivity contribution in [2.75, 3.05) is 13.7 Å². The number of ether oxygens (including phenoxy) is 2. The summed E-state index contributed by atoms with van der Waals surface area (Å²) in [6, 6.07) is 15.6. The number of hydrogen-bond acceptors (Lipinski definition) is 6. The third kappa shape index (κ3) is 2.83. The summed E-state index contributed by atoms with van der Waals surface area (Å²) in [6.45, 7) is 2.58. The topological polar surface area (TPSA) is 61.5 Å². The molecule has 7 heteroatoms. The fraction of sp³-hybridized carbons (Fsp3) is 0.167. The smallest absolute Gasteiger partial charge is 0.235 e. The first-order valence-electron chi connectivity index (χ1n) is 7.89. The number of hydrogen-bond donors (Lipinski definition) is 0. The number of methoxy groups -OCH3 is 1. The van der Waals surface area contributed by atoms with Crippen molar-refractivity contribution in [1.82, 2.24) is 19.8 Å². The zero-order valence-electron chi connectivity index (χ0n) is 13.8. The summed E-state index contributed by atoms with van der Waals surface area (Å²) in [7, 11) is 1.65. The van der Waals surface area contributed by atoms with Crippen molar-refractivity contribution in [1.29, 1.82) is 0 Å². The largest absolute Gasteiger partial charge is 0.497 e. The van der Waals surface area contributed by atoms with Crippen molar-refractivity contribution < 1.29 is 9.47 Å². The molecule has 25 heavy (non-hydrogen) atoms. The van der Waals surface area contributed by atoms with E-state index in [1.54, 1.807) is 11.6 Å². The lowest BCUT2D eigenvalue weighted by Crippen LogP contribution is -1.95. The molecule has 0 unspecified atom stereocenters. The number of para-hydroxylation sites is 1. The van der Waals surface area contributed by atoms with Crippen LogP contribution in [0.1, 0.15) is 6.92 Å². The first-order chi connectivity index (χ1) is 12.3. The minimum Gasteiger partial charge on any atom is -0.497 e. The van der Waals surface area contributed by atoms with E-state index in [9.17, 15) is 0 Å². The van der Waals surface area contributed by atoms with Crippen LogP contribution >= 0.6 is 11.3 Å². The van der Waals surface area contributed by atoms with E-state index in [1.165, 1.54) is 11.3 Å². The summed E-state index contributed by atoms with van der Waals surface area (Å²) in [4.78, 5) is 0.743. The first kappa shape index (κ1) is 15.6. The van der Waals surface area contributed by atoms with Gasteiger partial charge in [0.15, 0.2) is 10.8 Å². The maximum atomic E-state index is 5.71. The van der Waals surface area contributed by atoms with Crippen LogP contribution in [0.25, 0.3) is 26.9 Å². The average molecular weight is 352 g/mol. The molecule has 126 valence electrons. The summed E-state index contributed by atoms with van der Waals surface area (Å²) in [5.74, 6) is 2.32. The van der Waals surface area contributed by atoms with Gasteiger partial charge in [0.25, 0.3) is 0 Å². The molecule has 2 aromatic carbocycles. The van der Waals surface area contributed by atoms with E-state index in [4.69, 9.17) is 14.6 Å². The van der Waals surface area contributed by atoms with Gasteiger partial charge < -0.3 is 9.47 Å². The molecule has 0 N–H and O–H groups in total. The molecule has 0 aliphatic carbocycles. The Labute approximate surface area is 148 Å². The number of rotatable bonds is 5. The third-order valence-corrected chi connectivity index (χ3v) is 4.69. The summed E-state index contributed by atoms with van der Waals surface area (Å²) in [6.07, 6.45) is 0. The lowest BCUT2D eigenvalue weighted by atomic mass is 10.2. The van der Waals surface area contributed by atoms with Crippen LogP contribution in [-0.2, 0) is 0 Å². The van der Waals surface area contributed by atoms with Crippen molar-refractivity contribution >= 4 is 16.3 Å². The molecular formula is C18H16N4O2S. The molecule has 0 aliphatic heterocycles. The molecule has 0 atom stereocenters. The molecule has 2 aromatic heterocycles. The zero-order chi connectivity index (χ0) is 17.2. The predicted octanol–water partition coefficient (Wildman–Crippen LogP) is 3.93. The minimum absolute atomic E-state index is 0.609. The standard InChI is InChI=1S/C18H16N4O2S/c1-3-24-15-7-5-4-6-14(15)17-21-22-16(19-20-18(22)25-17)12-8-10-13(23-2)11-9-12/h4-11H,3H2,1-2H3. The van der Waals surface area contributed by atoms with Crippen molar-refractivity contribution in [3.63, 3.8) is 0 Å². The average Bonchev–Trinajstić information content (AvgIpc) is 3.23. The predicted molar refractivity (Wildman–Crippen MR) is 97.3 cm³/mol. The highest BCUT2D eigenvalue weighted by Crippen LogP contribution is 2.34. The van der Waals surface area contributed by atoms with Gasteiger partial charge in [0.1, 0.15) is 11.5 Å². The molecule has 0 saturated carbocycles. The number of fused-ring (bicyclic) bond motifs is 1. The highest BCUT2D eigenvalue weighted by atomic mass is 32.1. The highest BCUT2D eigenvalue weighted by molar-refractivity contribution is 7.19. The Morgan fingerprint density at radius 1 is 1.04 bits per heavy atom. The summed E-state index contributed by atoms with van der Waals surface area (Å²) in [5, 5.41) is 14.1. The molecule has 2 heterocycles. The molecule has 4 rings (SSSR count). The Bertz CT molecular complexity index is 1010. The van der Waals surface area contributed by atoms with E-state index < -0.39 is 0 Å². The van der Waals surface area contributed by atoms with Gasteiger partial charge in [-0.2, -0.15) is 9.61 Å².